The van der Waals surface area contributed by atoms with Gasteiger partial charge in [0.25, 0.3) is 5.91 Å². The van der Waals surface area contributed by atoms with Crippen LogP contribution in [-0.4, -0.2) is 36.3 Å². The minimum Gasteiger partial charge on any atom is -0.353 e. The highest BCUT2D eigenvalue weighted by Crippen LogP contribution is 2.11. The molecule has 0 aliphatic carbocycles. The number of hydrogen-bond acceptors (Lipinski definition) is 2. The lowest BCUT2D eigenvalue weighted by atomic mass is 10.1. The van der Waals surface area contributed by atoms with Crippen LogP contribution in [0.3, 0.4) is 0 Å². The molecule has 1 aliphatic rings. The minimum absolute atomic E-state index is 0.113. The number of rotatable bonds is 2. The van der Waals surface area contributed by atoms with E-state index in [0.717, 1.165) is 5.56 Å². The molecule has 1 aliphatic heterocycles. The van der Waals surface area contributed by atoms with Crippen LogP contribution in [0.15, 0.2) is 24.3 Å². The van der Waals surface area contributed by atoms with Crippen LogP contribution in [0.5, 0.6) is 0 Å². The van der Waals surface area contributed by atoms with Crippen molar-refractivity contribution in [1.29, 1.82) is 0 Å². The van der Waals surface area contributed by atoms with E-state index in [9.17, 15) is 9.59 Å². The number of alkyl halides is 1. The standard InChI is InChI=1S/C12H13ClN2O2/c13-7-9-2-1-3-10(6-9)12(17)15-5-4-14-11(16)8-15/h1-3,6H,4-5,7-8H2,(H,14,16). The summed E-state index contributed by atoms with van der Waals surface area (Å²) in [7, 11) is 0. The Labute approximate surface area is 105 Å². The molecule has 17 heavy (non-hydrogen) atoms. The first-order valence-electron chi connectivity index (χ1n) is 5.41. The van der Waals surface area contributed by atoms with Crippen molar-refractivity contribution >= 4 is 23.4 Å². The van der Waals surface area contributed by atoms with Crippen LogP contribution in [-0.2, 0) is 10.7 Å². The fraction of sp³-hybridized carbons (Fsp3) is 0.333. The second-order valence-electron chi connectivity index (χ2n) is 3.91. The van der Waals surface area contributed by atoms with Crippen molar-refractivity contribution in [2.24, 2.45) is 0 Å². The molecule has 1 aromatic rings. The summed E-state index contributed by atoms with van der Waals surface area (Å²) in [6.45, 7) is 1.19. The number of nitrogens with one attached hydrogen (secondary N) is 1. The van der Waals surface area contributed by atoms with Crippen molar-refractivity contribution in [1.82, 2.24) is 10.2 Å². The van der Waals surface area contributed by atoms with E-state index in [1.165, 1.54) is 0 Å². The quantitative estimate of drug-likeness (QED) is 0.799. The van der Waals surface area contributed by atoms with Crippen LogP contribution < -0.4 is 5.32 Å². The van der Waals surface area contributed by atoms with E-state index in [2.05, 4.69) is 5.32 Å². The summed E-state index contributed by atoms with van der Waals surface area (Å²) in [4.78, 5) is 24.9. The Morgan fingerprint density at radius 3 is 3.00 bits per heavy atom. The summed E-state index contributed by atoms with van der Waals surface area (Å²) in [6, 6.07) is 7.17. The smallest absolute Gasteiger partial charge is 0.254 e. The van der Waals surface area contributed by atoms with E-state index >= 15 is 0 Å². The molecule has 1 heterocycles. The monoisotopic (exact) mass is 252 g/mol. The summed E-state index contributed by atoms with van der Waals surface area (Å²) < 4.78 is 0. The summed E-state index contributed by atoms with van der Waals surface area (Å²) >= 11 is 5.72. The van der Waals surface area contributed by atoms with Gasteiger partial charge in [0.2, 0.25) is 5.91 Å². The number of amides is 2. The van der Waals surface area contributed by atoms with Crippen LogP contribution in [0, 0.1) is 0 Å². The zero-order valence-electron chi connectivity index (χ0n) is 9.28. The summed E-state index contributed by atoms with van der Waals surface area (Å²) in [5, 5.41) is 2.69. The van der Waals surface area contributed by atoms with Crippen LogP contribution in [0.2, 0.25) is 0 Å². The van der Waals surface area contributed by atoms with Gasteiger partial charge < -0.3 is 10.2 Å². The van der Waals surface area contributed by atoms with E-state index in [1.807, 2.05) is 6.07 Å². The predicted octanol–water partition coefficient (Wildman–Crippen LogP) is 0.997. The SMILES string of the molecule is O=C1CN(C(=O)c2cccc(CCl)c2)CCN1. The highest BCUT2D eigenvalue weighted by Gasteiger charge is 2.22. The van der Waals surface area contributed by atoms with Crippen molar-refractivity contribution in [3.8, 4) is 0 Å². The first-order chi connectivity index (χ1) is 8.20. The molecule has 1 saturated heterocycles. The van der Waals surface area contributed by atoms with Gasteiger partial charge in [0, 0.05) is 24.5 Å². The maximum atomic E-state index is 12.1. The van der Waals surface area contributed by atoms with Crippen molar-refractivity contribution in [2.75, 3.05) is 19.6 Å². The molecule has 0 spiro atoms. The van der Waals surface area contributed by atoms with Crippen LogP contribution in [0.25, 0.3) is 0 Å². The number of piperazine rings is 1. The molecule has 0 unspecified atom stereocenters. The molecule has 1 N–H and O–H groups in total. The molecule has 0 bridgehead atoms. The number of hydrogen-bond donors (Lipinski definition) is 1. The lowest BCUT2D eigenvalue weighted by Crippen LogP contribution is -2.49. The molecule has 5 heteroatoms. The predicted molar refractivity (Wildman–Crippen MR) is 64.9 cm³/mol. The molecule has 0 radical (unpaired) electrons. The Hall–Kier alpha value is -1.55. The van der Waals surface area contributed by atoms with Gasteiger partial charge in [-0.1, -0.05) is 12.1 Å². The molecule has 90 valence electrons. The van der Waals surface area contributed by atoms with Crippen LogP contribution in [0.1, 0.15) is 15.9 Å². The topological polar surface area (TPSA) is 49.4 Å². The Morgan fingerprint density at radius 2 is 2.29 bits per heavy atom. The van der Waals surface area contributed by atoms with Crippen molar-refractivity contribution in [2.45, 2.75) is 5.88 Å². The van der Waals surface area contributed by atoms with Gasteiger partial charge in [0.15, 0.2) is 0 Å². The second kappa shape index (κ2) is 5.19. The van der Waals surface area contributed by atoms with Gasteiger partial charge in [-0.25, -0.2) is 0 Å². The maximum Gasteiger partial charge on any atom is 0.254 e. The fourth-order valence-corrected chi connectivity index (χ4v) is 1.95. The van der Waals surface area contributed by atoms with E-state index in [4.69, 9.17) is 11.6 Å². The van der Waals surface area contributed by atoms with Crippen LogP contribution in [0.4, 0.5) is 0 Å². The van der Waals surface area contributed by atoms with E-state index in [0.29, 0.717) is 24.5 Å². The van der Waals surface area contributed by atoms with Crippen molar-refractivity contribution < 1.29 is 9.59 Å². The lowest BCUT2D eigenvalue weighted by molar-refractivity contribution is -0.123. The Bertz CT molecular complexity index is 448. The highest BCUT2D eigenvalue weighted by molar-refractivity contribution is 6.17. The number of benzene rings is 1. The first kappa shape index (κ1) is 11.9. The van der Waals surface area contributed by atoms with Gasteiger partial charge in [0.05, 0.1) is 6.54 Å². The number of halogens is 1. The lowest BCUT2D eigenvalue weighted by Gasteiger charge is -2.26. The van der Waals surface area contributed by atoms with Crippen molar-refractivity contribution in [3.63, 3.8) is 0 Å². The third kappa shape index (κ3) is 2.77. The third-order valence-corrected chi connectivity index (χ3v) is 2.96. The number of carbonyl (C=O) groups is 2. The van der Waals surface area contributed by atoms with Gasteiger partial charge in [0.1, 0.15) is 0 Å². The molecular weight excluding hydrogens is 240 g/mol. The maximum absolute atomic E-state index is 12.1. The van der Waals surface area contributed by atoms with Gasteiger partial charge in [-0.15, -0.1) is 11.6 Å². The molecule has 2 rings (SSSR count). The van der Waals surface area contributed by atoms with Gasteiger partial charge in [-0.05, 0) is 17.7 Å². The average Bonchev–Trinajstić information content (AvgIpc) is 2.38. The van der Waals surface area contributed by atoms with Crippen LogP contribution >= 0.6 is 11.6 Å². The van der Waals surface area contributed by atoms with E-state index < -0.39 is 0 Å². The molecule has 0 aromatic heterocycles. The number of nitrogens with zero attached hydrogens (tertiary/aromatic N) is 1. The molecule has 2 amide bonds. The Morgan fingerprint density at radius 1 is 1.47 bits per heavy atom. The number of carbonyl (C=O) groups excluding carboxylic acids is 2. The molecule has 1 fully saturated rings. The van der Waals surface area contributed by atoms with Gasteiger partial charge >= 0.3 is 0 Å². The fourth-order valence-electron chi connectivity index (χ4n) is 1.78. The summed E-state index contributed by atoms with van der Waals surface area (Å²) in [5.41, 5.74) is 1.48. The van der Waals surface area contributed by atoms with E-state index in [1.54, 1.807) is 23.1 Å². The second-order valence-corrected chi connectivity index (χ2v) is 4.18. The van der Waals surface area contributed by atoms with Crippen molar-refractivity contribution in [3.05, 3.63) is 35.4 Å². The zero-order chi connectivity index (χ0) is 12.3. The molecule has 0 atom stereocenters. The van der Waals surface area contributed by atoms with Gasteiger partial charge in [-0.2, -0.15) is 0 Å². The molecule has 1 aromatic carbocycles. The Kier molecular flexibility index (Phi) is 3.64. The third-order valence-electron chi connectivity index (χ3n) is 2.65. The Balaban J connectivity index is 2.15. The normalized spacial score (nSPS) is 15.6. The highest BCUT2D eigenvalue weighted by atomic mass is 35.5. The zero-order valence-corrected chi connectivity index (χ0v) is 10.0. The largest absolute Gasteiger partial charge is 0.353 e. The average molecular weight is 253 g/mol. The molecular formula is C12H13ClN2O2. The van der Waals surface area contributed by atoms with E-state index in [-0.39, 0.29) is 18.4 Å². The molecule has 0 saturated carbocycles. The molecule has 4 nitrogen and oxygen atoms in total. The first-order valence-corrected chi connectivity index (χ1v) is 5.95. The minimum atomic E-state index is -0.119. The summed E-state index contributed by atoms with van der Waals surface area (Å²) in [6.07, 6.45) is 0. The summed E-state index contributed by atoms with van der Waals surface area (Å²) in [5.74, 6) is 0.145. The van der Waals surface area contributed by atoms with Gasteiger partial charge in [-0.3, -0.25) is 9.59 Å².